The predicted molar refractivity (Wildman–Crippen MR) is 105 cm³/mol. The van der Waals surface area contributed by atoms with Crippen LogP contribution in [0.2, 0.25) is 0 Å². The molecule has 1 amide bonds. The molecule has 2 aromatic rings. The van der Waals surface area contributed by atoms with Gasteiger partial charge in [-0.15, -0.1) is 0 Å². The van der Waals surface area contributed by atoms with Crippen LogP contribution in [0.5, 0.6) is 5.75 Å². The van der Waals surface area contributed by atoms with Crippen molar-refractivity contribution in [2.45, 2.75) is 38.0 Å². The molecule has 1 aromatic carbocycles. The van der Waals surface area contributed by atoms with Gasteiger partial charge in [0.15, 0.2) is 0 Å². The third-order valence-electron chi connectivity index (χ3n) is 5.33. The lowest BCUT2D eigenvalue weighted by molar-refractivity contribution is -0.141. The van der Waals surface area contributed by atoms with E-state index >= 15 is 0 Å². The van der Waals surface area contributed by atoms with E-state index in [9.17, 15) is 14.7 Å². The Morgan fingerprint density at radius 1 is 1.24 bits per heavy atom. The molecule has 0 spiro atoms. The van der Waals surface area contributed by atoms with Gasteiger partial charge in [0, 0.05) is 18.7 Å². The fourth-order valence-electron chi connectivity index (χ4n) is 3.78. The smallest absolute Gasteiger partial charge is 0.326 e. The molecule has 1 aromatic heterocycles. The highest BCUT2D eigenvalue weighted by Gasteiger charge is 2.34. The van der Waals surface area contributed by atoms with Crippen LogP contribution in [0.25, 0.3) is 0 Å². The summed E-state index contributed by atoms with van der Waals surface area (Å²) >= 11 is 0. The van der Waals surface area contributed by atoms with Gasteiger partial charge in [0.25, 0.3) is 5.91 Å². The van der Waals surface area contributed by atoms with Crippen molar-refractivity contribution in [3.63, 3.8) is 0 Å². The minimum Gasteiger partial charge on any atom is -0.487 e. The van der Waals surface area contributed by atoms with Crippen LogP contribution in [0.4, 0.5) is 0 Å². The lowest BCUT2D eigenvalue weighted by Gasteiger charge is -2.21. The number of carbonyl (C=O) groups excluding carboxylic acids is 1. The molecule has 2 aliphatic heterocycles. The molecule has 8 nitrogen and oxygen atoms in total. The molecule has 0 saturated carbocycles. The number of carboxylic acids is 1. The van der Waals surface area contributed by atoms with Crippen LogP contribution in [-0.2, 0) is 11.4 Å². The number of pyridine rings is 1. The molecule has 2 atom stereocenters. The Morgan fingerprint density at radius 3 is 2.86 bits per heavy atom. The number of rotatable bonds is 6. The van der Waals surface area contributed by atoms with Crippen LogP contribution in [-0.4, -0.2) is 46.0 Å². The molecule has 2 fully saturated rings. The lowest BCUT2D eigenvalue weighted by atomic mass is 10.1. The van der Waals surface area contributed by atoms with E-state index in [2.05, 4.69) is 15.8 Å². The number of benzene rings is 1. The van der Waals surface area contributed by atoms with Crippen molar-refractivity contribution in [2.75, 3.05) is 13.1 Å². The van der Waals surface area contributed by atoms with Gasteiger partial charge in [-0.05, 0) is 49.1 Å². The van der Waals surface area contributed by atoms with Gasteiger partial charge in [0.1, 0.15) is 18.4 Å². The molecule has 0 bridgehead atoms. The standard InChI is InChI=1S/C21H24N4O4/c26-20(25-10-2-5-19(25)21(27)28)15-4-1-3-14(11-15)13-29-16-6-7-17(22-12-16)18-8-9-23-24-18/h1,3-4,6-7,11-12,18-19,23-24H,2,5,8-10,13H2,(H,27,28)/t18?,19-/m1/s1. The number of amides is 1. The highest BCUT2D eigenvalue weighted by molar-refractivity contribution is 5.97. The van der Waals surface area contributed by atoms with Crippen LogP contribution >= 0.6 is 0 Å². The van der Waals surface area contributed by atoms with Crippen molar-refractivity contribution in [2.24, 2.45) is 0 Å². The molecule has 0 aliphatic carbocycles. The van der Waals surface area contributed by atoms with Crippen LogP contribution in [0, 0.1) is 0 Å². The average Bonchev–Trinajstić information content (AvgIpc) is 3.44. The van der Waals surface area contributed by atoms with E-state index in [0.717, 1.165) is 24.2 Å². The number of nitrogens with zero attached hydrogens (tertiary/aromatic N) is 2. The number of nitrogens with one attached hydrogen (secondary N) is 2. The number of carbonyl (C=O) groups is 2. The second-order valence-electron chi connectivity index (χ2n) is 7.32. The van der Waals surface area contributed by atoms with Gasteiger partial charge in [-0.1, -0.05) is 12.1 Å². The molecule has 8 heteroatoms. The molecular formula is C21H24N4O4. The molecule has 4 rings (SSSR count). The molecule has 3 N–H and O–H groups in total. The molecule has 152 valence electrons. The summed E-state index contributed by atoms with van der Waals surface area (Å²) in [7, 11) is 0. The monoisotopic (exact) mass is 396 g/mol. The summed E-state index contributed by atoms with van der Waals surface area (Å²) in [6, 6.07) is 10.4. The van der Waals surface area contributed by atoms with Crippen molar-refractivity contribution < 1.29 is 19.4 Å². The molecule has 2 aliphatic rings. The maximum atomic E-state index is 12.8. The van der Waals surface area contributed by atoms with Gasteiger partial charge in [0.2, 0.25) is 0 Å². The van der Waals surface area contributed by atoms with E-state index in [1.807, 2.05) is 18.2 Å². The number of hydrogen-bond donors (Lipinski definition) is 3. The summed E-state index contributed by atoms with van der Waals surface area (Å²) in [5.74, 6) is -0.544. The summed E-state index contributed by atoms with van der Waals surface area (Å²) in [6.07, 6.45) is 3.90. The summed E-state index contributed by atoms with van der Waals surface area (Å²) in [6.45, 7) is 1.69. The van der Waals surface area contributed by atoms with Gasteiger partial charge in [-0.2, -0.15) is 0 Å². The Kier molecular flexibility index (Phi) is 5.73. The highest BCUT2D eigenvalue weighted by Crippen LogP contribution is 2.22. The predicted octanol–water partition coefficient (Wildman–Crippen LogP) is 1.89. The normalized spacial score (nSPS) is 21.3. The molecular weight excluding hydrogens is 372 g/mol. The zero-order valence-corrected chi connectivity index (χ0v) is 16.0. The average molecular weight is 396 g/mol. The molecule has 3 heterocycles. The Balaban J connectivity index is 1.39. The number of aromatic nitrogens is 1. The number of aliphatic carboxylic acids is 1. The first-order chi connectivity index (χ1) is 14.1. The van der Waals surface area contributed by atoms with Crippen molar-refractivity contribution in [1.82, 2.24) is 20.7 Å². The third kappa shape index (κ3) is 4.38. The van der Waals surface area contributed by atoms with E-state index < -0.39 is 12.0 Å². The van der Waals surface area contributed by atoms with Crippen LogP contribution in [0.1, 0.15) is 46.9 Å². The summed E-state index contributed by atoms with van der Waals surface area (Å²) in [4.78, 5) is 30.0. The van der Waals surface area contributed by atoms with Crippen molar-refractivity contribution in [3.8, 4) is 5.75 Å². The van der Waals surface area contributed by atoms with Gasteiger partial charge in [-0.3, -0.25) is 15.2 Å². The molecule has 0 radical (unpaired) electrons. The van der Waals surface area contributed by atoms with Crippen molar-refractivity contribution >= 4 is 11.9 Å². The number of hydrogen-bond acceptors (Lipinski definition) is 6. The first-order valence-corrected chi connectivity index (χ1v) is 9.81. The number of carboxylic acid groups (broad SMARTS) is 1. The van der Waals surface area contributed by atoms with Crippen LogP contribution in [0.15, 0.2) is 42.6 Å². The summed E-state index contributed by atoms with van der Waals surface area (Å²) in [5.41, 5.74) is 8.55. The number of likely N-dealkylation sites (tertiary alicyclic amines) is 1. The fraction of sp³-hybridized carbons (Fsp3) is 0.381. The molecule has 1 unspecified atom stereocenters. The molecule has 29 heavy (non-hydrogen) atoms. The Bertz CT molecular complexity index is 881. The van der Waals surface area contributed by atoms with Gasteiger partial charge in [-0.25, -0.2) is 10.2 Å². The Hall–Kier alpha value is -2.97. The topological polar surface area (TPSA) is 104 Å². The first-order valence-electron chi connectivity index (χ1n) is 9.81. The minimum atomic E-state index is -0.949. The van der Waals surface area contributed by atoms with Crippen LogP contribution < -0.4 is 15.6 Å². The zero-order valence-electron chi connectivity index (χ0n) is 16.0. The van der Waals surface area contributed by atoms with Gasteiger partial charge >= 0.3 is 5.97 Å². The van der Waals surface area contributed by atoms with Crippen molar-refractivity contribution in [3.05, 3.63) is 59.4 Å². The lowest BCUT2D eigenvalue weighted by Crippen LogP contribution is -2.40. The second-order valence-corrected chi connectivity index (χ2v) is 7.32. The number of hydrazine groups is 1. The van der Waals surface area contributed by atoms with E-state index in [1.165, 1.54) is 4.90 Å². The van der Waals surface area contributed by atoms with E-state index in [-0.39, 0.29) is 11.9 Å². The van der Waals surface area contributed by atoms with Gasteiger partial charge in [0.05, 0.1) is 17.9 Å². The van der Waals surface area contributed by atoms with Crippen molar-refractivity contribution in [1.29, 1.82) is 0 Å². The number of ether oxygens (including phenoxy) is 1. The molecule has 2 saturated heterocycles. The minimum absolute atomic E-state index is 0.215. The maximum Gasteiger partial charge on any atom is 0.326 e. The highest BCUT2D eigenvalue weighted by atomic mass is 16.5. The third-order valence-corrected chi connectivity index (χ3v) is 5.33. The van der Waals surface area contributed by atoms with E-state index in [1.54, 1.807) is 24.4 Å². The zero-order chi connectivity index (χ0) is 20.2. The first kappa shape index (κ1) is 19.4. The SMILES string of the molecule is O=C(O)[C@H]1CCCN1C(=O)c1cccc(COc2ccc(C3CCNN3)nc2)c1. The van der Waals surface area contributed by atoms with Gasteiger partial charge < -0.3 is 14.7 Å². The quantitative estimate of drug-likeness (QED) is 0.685. The van der Waals surface area contributed by atoms with E-state index in [0.29, 0.717) is 37.3 Å². The summed E-state index contributed by atoms with van der Waals surface area (Å²) in [5, 5.41) is 9.31. The Labute approximate surface area is 168 Å². The Morgan fingerprint density at radius 2 is 2.14 bits per heavy atom. The fourth-order valence-corrected chi connectivity index (χ4v) is 3.78. The van der Waals surface area contributed by atoms with Crippen LogP contribution in [0.3, 0.4) is 0 Å². The maximum absolute atomic E-state index is 12.8. The summed E-state index contributed by atoms with van der Waals surface area (Å²) < 4.78 is 5.81. The van der Waals surface area contributed by atoms with E-state index in [4.69, 9.17) is 4.74 Å². The second kappa shape index (κ2) is 8.59. The largest absolute Gasteiger partial charge is 0.487 e.